The van der Waals surface area contributed by atoms with Crippen molar-refractivity contribution < 1.29 is 14.9 Å². The Kier molecular flexibility index (Phi) is 5.60. The summed E-state index contributed by atoms with van der Waals surface area (Å²) < 4.78 is 6.13. The van der Waals surface area contributed by atoms with Gasteiger partial charge in [0.1, 0.15) is 0 Å². The average Bonchev–Trinajstić information content (AvgIpc) is 3.02. The summed E-state index contributed by atoms with van der Waals surface area (Å²) in [5, 5.41) is 24.3. The van der Waals surface area contributed by atoms with E-state index < -0.39 is 16.6 Å². The van der Waals surface area contributed by atoms with Gasteiger partial charge in [0.15, 0.2) is 0 Å². The molecule has 7 atom stereocenters. The zero-order valence-electron chi connectivity index (χ0n) is 19.9. The Bertz CT molecular complexity index is 871. The van der Waals surface area contributed by atoms with Crippen molar-refractivity contribution in [3.05, 3.63) is 47.5 Å². The number of hydrogen-bond donors (Lipinski definition) is 3. The molecule has 4 heteroatoms. The highest BCUT2D eigenvalue weighted by Crippen LogP contribution is 2.70. The molecule has 1 aromatic carbocycles. The maximum atomic E-state index is 12.3. The molecule has 2 unspecified atom stereocenters. The fourth-order valence-electron chi connectivity index (χ4n) is 8.26. The van der Waals surface area contributed by atoms with Gasteiger partial charge in [-0.3, -0.25) is 0 Å². The number of fused-ring (bicyclic) bond motifs is 5. The molecule has 4 aliphatic carbocycles. The summed E-state index contributed by atoms with van der Waals surface area (Å²) in [5.41, 5.74) is 5.96. The van der Waals surface area contributed by atoms with Crippen molar-refractivity contribution in [1.82, 2.24) is 0 Å². The second-order valence-corrected chi connectivity index (χ2v) is 11.5. The van der Waals surface area contributed by atoms with Gasteiger partial charge in [0.25, 0.3) is 0 Å². The standard InChI is InChI=1S/C28H41NO3/c1-25-13-11-22(32-18-6-17-29)19-21(25)9-10-24-23(25)12-14-26(2)27(30,15-16-28(24,26)31)20-7-4-3-5-8-20/h3-5,7-9,22-24,30-31H,6,10-19,29H2,1-2H3/t22?,23-,24-,25+,26-,27?,28-/m1/s1. The van der Waals surface area contributed by atoms with Gasteiger partial charge in [-0.2, -0.15) is 0 Å². The van der Waals surface area contributed by atoms with Crippen LogP contribution in [-0.4, -0.2) is 35.1 Å². The lowest BCUT2D eigenvalue weighted by Crippen LogP contribution is -2.63. The molecule has 0 aromatic heterocycles. The first-order chi connectivity index (χ1) is 15.3. The number of nitrogens with two attached hydrogens (primary N) is 1. The molecule has 3 fully saturated rings. The highest BCUT2D eigenvalue weighted by Gasteiger charge is 2.71. The highest BCUT2D eigenvalue weighted by atomic mass is 16.5. The van der Waals surface area contributed by atoms with Crippen molar-refractivity contribution in [2.45, 2.75) is 88.9 Å². The number of ether oxygens (including phenoxy) is 1. The second-order valence-electron chi connectivity index (χ2n) is 11.5. The van der Waals surface area contributed by atoms with Crippen LogP contribution in [0, 0.1) is 22.7 Å². The summed E-state index contributed by atoms with van der Waals surface area (Å²) in [6.07, 6.45) is 11.1. The van der Waals surface area contributed by atoms with E-state index in [0.29, 0.717) is 31.4 Å². The summed E-state index contributed by atoms with van der Waals surface area (Å²) in [5.74, 6) is 0.686. The normalized spacial score (nSPS) is 45.5. The number of hydrogen-bond acceptors (Lipinski definition) is 4. The van der Waals surface area contributed by atoms with Gasteiger partial charge in [0, 0.05) is 12.0 Å². The number of allylic oxidation sites excluding steroid dienone is 1. The summed E-state index contributed by atoms with van der Waals surface area (Å²) >= 11 is 0. The van der Waals surface area contributed by atoms with Crippen molar-refractivity contribution in [1.29, 1.82) is 0 Å². The topological polar surface area (TPSA) is 75.7 Å². The average molecular weight is 440 g/mol. The van der Waals surface area contributed by atoms with Crippen LogP contribution in [0.4, 0.5) is 0 Å². The van der Waals surface area contributed by atoms with Crippen LogP contribution in [0.1, 0.15) is 77.2 Å². The van der Waals surface area contributed by atoms with Crippen molar-refractivity contribution in [2.24, 2.45) is 28.4 Å². The summed E-state index contributed by atoms with van der Waals surface area (Å²) in [6.45, 7) is 6.04. The minimum Gasteiger partial charge on any atom is -0.389 e. The van der Waals surface area contributed by atoms with Crippen LogP contribution in [0.5, 0.6) is 0 Å². The Morgan fingerprint density at radius 3 is 2.53 bits per heavy atom. The number of benzene rings is 1. The Balaban J connectivity index is 1.43. The van der Waals surface area contributed by atoms with Crippen LogP contribution in [-0.2, 0) is 10.3 Å². The molecule has 1 aromatic rings. The van der Waals surface area contributed by atoms with Gasteiger partial charge in [-0.25, -0.2) is 0 Å². The van der Waals surface area contributed by atoms with Gasteiger partial charge in [-0.05, 0) is 87.1 Å². The zero-order valence-corrected chi connectivity index (χ0v) is 19.9. The first kappa shape index (κ1) is 22.6. The molecule has 4 N–H and O–H groups in total. The van der Waals surface area contributed by atoms with E-state index in [4.69, 9.17) is 10.5 Å². The molecule has 5 rings (SSSR count). The smallest absolute Gasteiger partial charge is 0.0978 e. The Labute approximate surface area is 193 Å². The van der Waals surface area contributed by atoms with Crippen molar-refractivity contribution >= 4 is 0 Å². The molecule has 0 radical (unpaired) electrons. The lowest BCUT2D eigenvalue weighted by Gasteiger charge is -2.62. The van der Waals surface area contributed by atoms with Gasteiger partial charge in [0.05, 0.1) is 17.3 Å². The Morgan fingerprint density at radius 2 is 1.78 bits per heavy atom. The highest BCUT2D eigenvalue weighted by molar-refractivity contribution is 5.34. The molecule has 32 heavy (non-hydrogen) atoms. The number of rotatable bonds is 5. The zero-order chi connectivity index (χ0) is 22.6. The first-order valence-corrected chi connectivity index (χ1v) is 12.8. The van der Waals surface area contributed by atoms with Gasteiger partial charge in [-0.1, -0.05) is 55.8 Å². The van der Waals surface area contributed by atoms with E-state index in [0.717, 1.165) is 57.1 Å². The van der Waals surface area contributed by atoms with Crippen LogP contribution < -0.4 is 5.73 Å². The second kappa shape index (κ2) is 7.94. The molecule has 0 saturated heterocycles. The quantitative estimate of drug-likeness (QED) is 0.460. The van der Waals surface area contributed by atoms with E-state index >= 15 is 0 Å². The molecular formula is C28H41NO3. The maximum Gasteiger partial charge on any atom is 0.0978 e. The van der Waals surface area contributed by atoms with Crippen LogP contribution >= 0.6 is 0 Å². The van der Waals surface area contributed by atoms with Crippen LogP contribution in [0.2, 0.25) is 0 Å². The van der Waals surface area contributed by atoms with Gasteiger partial charge >= 0.3 is 0 Å². The fourth-order valence-corrected chi connectivity index (χ4v) is 8.26. The van der Waals surface area contributed by atoms with Gasteiger partial charge in [0.2, 0.25) is 0 Å². The summed E-state index contributed by atoms with van der Waals surface area (Å²) in [6, 6.07) is 10.1. The van der Waals surface area contributed by atoms with Crippen LogP contribution in [0.25, 0.3) is 0 Å². The first-order valence-electron chi connectivity index (χ1n) is 12.8. The van der Waals surface area contributed by atoms with Gasteiger partial charge in [-0.15, -0.1) is 0 Å². The van der Waals surface area contributed by atoms with Crippen molar-refractivity contribution in [2.75, 3.05) is 13.2 Å². The maximum absolute atomic E-state index is 12.3. The molecule has 176 valence electrons. The minimum absolute atomic E-state index is 0.140. The van der Waals surface area contributed by atoms with E-state index in [2.05, 4.69) is 19.9 Å². The third-order valence-electron chi connectivity index (χ3n) is 10.3. The fraction of sp³-hybridized carbons (Fsp3) is 0.714. The van der Waals surface area contributed by atoms with E-state index in [9.17, 15) is 10.2 Å². The molecule has 0 aliphatic heterocycles. The van der Waals surface area contributed by atoms with E-state index in [1.165, 1.54) is 0 Å². The monoisotopic (exact) mass is 439 g/mol. The molecule has 4 aliphatic rings. The third-order valence-corrected chi connectivity index (χ3v) is 10.3. The van der Waals surface area contributed by atoms with E-state index in [-0.39, 0.29) is 11.3 Å². The van der Waals surface area contributed by atoms with Crippen molar-refractivity contribution in [3.8, 4) is 0 Å². The summed E-state index contributed by atoms with van der Waals surface area (Å²) in [7, 11) is 0. The molecular weight excluding hydrogens is 398 g/mol. The predicted octanol–water partition coefficient (Wildman–Crippen LogP) is 4.69. The third kappa shape index (κ3) is 3.02. The minimum atomic E-state index is -0.965. The molecule has 3 saturated carbocycles. The van der Waals surface area contributed by atoms with Crippen LogP contribution in [0.15, 0.2) is 42.0 Å². The predicted molar refractivity (Wildman–Crippen MR) is 127 cm³/mol. The lowest BCUT2D eigenvalue weighted by atomic mass is 9.45. The van der Waals surface area contributed by atoms with Crippen molar-refractivity contribution in [3.63, 3.8) is 0 Å². The van der Waals surface area contributed by atoms with E-state index in [1.54, 1.807) is 5.57 Å². The van der Waals surface area contributed by atoms with E-state index in [1.807, 2.05) is 30.3 Å². The molecule has 0 heterocycles. The largest absolute Gasteiger partial charge is 0.389 e. The Morgan fingerprint density at radius 1 is 1.00 bits per heavy atom. The SMILES string of the molecule is C[C@]12CCC(OCCCN)CC1=CC[C@@H]1[C@H]2CC[C@]2(C)C(O)(c3ccccc3)CC[C@@]12O. The molecule has 0 bridgehead atoms. The summed E-state index contributed by atoms with van der Waals surface area (Å²) in [4.78, 5) is 0. The molecule has 0 spiro atoms. The molecule has 4 nitrogen and oxygen atoms in total. The number of aliphatic hydroxyl groups is 2. The van der Waals surface area contributed by atoms with Crippen LogP contribution in [0.3, 0.4) is 0 Å². The Hall–Kier alpha value is -1.20. The van der Waals surface area contributed by atoms with Gasteiger partial charge < -0.3 is 20.7 Å². The lowest BCUT2D eigenvalue weighted by molar-refractivity contribution is -0.218. The molecule has 0 amide bonds.